The van der Waals surface area contributed by atoms with Gasteiger partial charge in [0.25, 0.3) is 5.91 Å². The van der Waals surface area contributed by atoms with Gasteiger partial charge in [0.1, 0.15) is 11.5 Å². The lowest BCUT2D eigenvalue weighted by Crippen LogP contribution is -2.49. The van der Waals surface area contributed by atoms with E-state index < -0.39 is 0 Å². The number of rotatable bonds is 3. The molecule has 2 aromatic heterocycles. The van der Waals surface area contributed by atoms with Crippen LogP contribution >= 0.6 is 0 Å². The third kappa shape index (κ3) is 2.99. The molecule has 3 heterocycles. The molecule has 7 heteroatoms. The van der Waals surface area contributed by atoms with Crippen molar-refractivity contribution in [2.24, 2.45) is 0 Å². The lowest BCUT2D eigenvalue weighted by Gasteiger charge is -2.36. The van der Waals surface area contributed by atoms with Crippen molar-refractivity contribution in [3.05, 3.63) is 59.8 Å². The minimum Gasteiger partial charge on any atom is -0.493 e. The Kier molecular flexibility index (Phi) is 4.43. The van der Waals surface area contributed by atoms with Crippen LogP contribution in [-0.2, 0) is 0 Å². The topological polar surface area (TPSA) is 50.1 Å². The second-order valence-corrected chi connectivity index (χ2v) is 6.55. The first kappa shape index (κ1) is 17.3. The van der Waals surface area contributed by atoms with E-state index >= 15 is 0 Å². The van der Waals surface area contributed by atoms with Gasteiger partial charge < -0.3 is 14.5 Å². The van der Waals surface area contributed by atoms with Gasteiger partial charge in [-0.3, -0.25) is 9.20 Å². The van der Waals surface area contributed by atoms with Crippen LogP contribution in [0.1, 0.15) is 16.2 Å². The van der Waals surface area contributed by atoms with E-state index in [2.05, 4.69) is 4.98 Å². The zero-order chi connectivity index (χ0) is 19.0. The van der Waals surface area contributed by atoms with E-state index in [1.807, 2.05) is 36.2 Å². The number of pyridine rings is 1. The number of ether oxygens (including phenoxy) is 1. The fourth-order valence-electron chi connectivity index (χ4n) is 3.58. The molecule has 140 valence electrons. The van der Waals surface area contributed by atoms with E-state index in [1.165, 1.54) is 6.07 Å². The quantitative estimate of drug-likeness (QED) is 0.713. The molecule has 4 rings (SSSR count). The second-order valence-electron chi connectivity index (χ2n) is 6.55. The zero-order valence-electron chi connectivity index (χ0n) is 15.4. The highest BCUT2D eigenvalue weighted by Crippen LogP contribution is 2.24. The molecular weight excluding hydrogens is 347 g/mol. The number of piperazine rings is 1. The Hall–Kier alpha value is -3.09. The summed E-state index contributed by atoms with van der Waals surface area (Å²) in [4.78, 5) is 21.4. The SMILES string of the molecule is COc1cccn2c(C(=O)N3CCN(c4ccccc4F)CC3)c(C)nc12. The highest BCUT2D eigenvalue weighted by molar-refractivity contribution is 5.95. The van der Waals surface area contributed by atoms with Crippen molar-refractivity contribution < 1.29 is 13.9 Å². The number of carbonyl (C=O) groups is 1. The standard InChI is InChI=1S/C20H21FN4O2/c1-14-18(25-9-5-8-17(27-2)19(25)22-14)20(26)24-12-10-23(11-13-24)16-7-4-3-6-15(16)21/h3-9H,10-13H2,1-2H3. The van der Waals surface area contributed by atoms with E-state index in [0.717, 1.165) is 0 Å². The van der Waals surface area contributed by atoms with Crippen LogP contribution in [0.4, 0.5) is 10.1 Å². The second kappa shape index (κ2) is 6.90. The molecule has 1 aromatic carbocycles. The number of aromatic nitrogens is 2. The molecule has 0 radical (unpaired) electrons. The number of carbonyl (C=O) groups excluding carboxylic acids is 1. The maximum Gasteiger partial charge on any atom is 0.272 e. The number of halogens is 1. The largest absolute Gasteiger partial charge is 0.493 e. The van der Waals surface area contributed by atoms with Crippen molar-refractivity contribution in [3.8, 4) is 5.75 Å². The first-order valence-corrected chi connectivity index (χ1v) is 8.90. The molecule has 1 amide bonds. The lowest BCUT2D eigenvalue weighted by atomic mass is 10.2. The summed E-state index contributed by atoms with van der Waals surface area (Å²) in [5, 5.41) is 0. The van der Waals surface area contributed by atoms with Gasteiger partial charge in [-0.25, -0.2) is 9.37 Å². The van der Waals surface area contributed by atoms with Gasteiger partial charge in [0.05, 0.1) is 18.5 Å². The van der Waals surface area contributed by atoms with Gasteiger partial charge in [-0.2, -0.15) is 0 Å². The van der Waals surface area contributed by atoms with E-state index in [-0.39, 0.29) is 11.7 Å². The first-order chi connectivity index (χ1) is 13.1. The smallest absolute Gasteiger partial charge is 0.272 e. The van der Waals surface area contributed by atoms with Crippen LogP contribution in [0, 0.1) is 12.7 Å². The van der Waals surface area contributed by atoms with Gasteiger partial charge in [-0.05, 0) is 31.2 Å². The number of amides is 1. The molecular formula is C20H21FN4O2. The number of benzene rings is 1. The van der Waals surface area contributed by atoms with Crippen LogP contribution in [-0.4, -0.2) is 53.5 Å². The summed E-state index contributed by atoms with van der Waals surface area (Å²) >= 11 is 0. The van der Waals surface area contributed by atoms with E-state index in [1.54, 1.807) is 28.5 Å². The molecule has 1 fully saturated rings. The summed E-state index contributed by atoms with van der Waals surface area (Å²) < 4.78 is 21.1. The van der Waals surface area contributed by atoms with Crippen LogP contribution in [0.3, 0.4) is 0 Å². The fraction of sp³-hybridized carbons (Fsp3) is 0.300. The number of aryl methyl sites for hydroxylation is 1. The van der Waals surface area contributed by atoms with E-state index in [4.69, 9.17) is 4.74 Å². The Balaban J connectivity index is 1.56. The molecule has 0 aliphatic carbocycles. The average molecular weight is 368 g/mol. The summed E-state index contributed by atoms with van der Waals surface area (Å²) in [7, 11) is 1.59. The van der Waals surface area contributed by atoms with Gasteiger partial charge in [0.2, 0.25) is 0 Å². The number of nitrogens with zero attached hydrogens (tertiary/aromatic N) is 4. The number of imidazole rings is 1. The summed E-state index contributed by atoms with van der Waals surface area (Å²) in [6.45, 7) is 4.07. The van der Waals surface area contributed by atoms with Crippen molar-refractivity contribution >= 4 is 17.2 Å². The molecule has 1 aliphatic rings. The Morgan fingerprint density at radius 3 is 2.56 bits per heavy atom. The predicted octanol–water partition coefficient (Wildman–Crippen LogP) is 2.75. The van der Waals surface area contributed by atoms with Gasteiger partial charge in [0.15, 0.2) is 11.4 Å². The molecule has 0 atom stereocenters. The average Bonchev–Trinajstić information content (AvgIpc) is 3.04. The maximum absolute atomic E-state index is 14.0. The fourth-order valence-corrected chi connectivity index (χ4v) is 3.58. The van der Waals surface area contributed by atoms with Crippen molar-refractivity contribution in [1.82, 2.24) is 14.3 Å². The van der Waals surface area contributed by atoms with Crippen LogP contribution in [0.5, 0.6) is 5.75 Å². The molecule has 27 heavy (non-hydrogen) atoms. The number of hydrogen-bond donors (Lipinski definition) is 0. The first-order valence-electron chi connectivity index (χ1n) is 8.90. The Bertz CT molecular complexity index is 993. The van der Waals surface area contributed by atoms with Crippen LogP contribution in [0.25, 0.3) is 5.65 Å². The number of para-hydroxylation sites is 1. The van der Waals surface area contributed by atoms with Crippen LogP contribution in [0.2, 0.25) is 0 Å². The minimum absolute atomic E-state index is 0.0681. The number of anilines is 1. The molecule has 0 N–H and O–H groups in total. The summed E-state index contributed by atoms with van der Waals surface area (Å²) in [6.07, 6.45) is 1.82. The molecule has 6 nitrogen and oxygen atoms in total. The number of methoxy groups -OCH3 is 1. The van der Waals surface area contributed by atoms with Gasteiger partial charge in [-0.15, -0.1) is 0 Å². The molecule has 0 spiro atoms. The van der Waals surface area contributed by atoms with Crippen molar-refractivity contribution in [1.29, 1.82) is 0 Å². The molecule has 0 saturated carbocycles. The van der Waals surface area contributed by atoms with Crippen molar-refractivity contribution in [3.63, 3.8) is 0 Å². The van der Waals surface area contributed by atoms with Gasteiger partial charge >= 0.3 is 0 Å². The Labute approximate surface area is 156 Å². The molecule has 1 aliphatic heterocycles. The van der Waals surface area contributed by atoms with Gasteiger partial charge in [0, 0.05) is 32.4 Å². The molecule has 0 unspecified atom stereocenters. The summed E-state index contributed by atoms with van der Waals surface area (Å²) in [5.74, 6) is 0.326. The van der Waals surface area contributed by atoms with Crippen LogP contribution < -0.4 is 9.64 Å². The number of fused-ring (bicyclic) bond motifs is 1. The van der Waals surface area contributed by atoms with Crippen molar-refractivity contribution in [2.45, 2.75) is 6.92 Å². The third-order valence-electron chi connectivity index (χ3n) is 4.97. The molecule has 3 aromatic rings. The third-order valence-corrected chi connectivity index (χ3v) is 4.97. The lowest BCUT2D eigenvalue weighted by molar-refractivity contribution is 0.0739. The van der Waals surface area contributed by atoms with Crippen LogP contribution in [0.15, 0.2) is 42.6 Å². The van der Waals surface area contributed by atoms with Crippen molar-refractivity contribution in [2.75, 3.05) is 38.2 Å². The zero-order valence-corrected chi connectivity index (χ0v) is 15.4. The molecule has 0 bridgehead atoms. The molecule has 1 saturated heterocycles. The highest BCUT2D eigenvalue weighted by Gasteiger charge is 2.27. The normalized spacial score (nSPS) is 14.6. The predicted molar refractivity (Wildman–Crippen MR) is 101 cm³/mol. The van der Waals surface area contributed by atoms with E-state index in [9.17, 15) is 9.18 Å². The maximum atomic E-state index is 14.0. The Morgan fingerprint density at radius 1 is 1.11 bits per heavy atom. The highest BCUT2D eigenvalue weighted by atomic mass is 19.1. The monoisotopic (exact) mass is 368 g/mol. The van der Waals surface area contributed by atoms with E-state index in [0.29, 0.717) is 54.7 Å². The number of hydrogen-bond acceptors (Lipinski definition) is 4. The minimum atomic E-state index is -0.234. The summed E-state index contributed by atoms with van der Waals surface area (Å²) in [5.41, 5.74) is 2.43. The van der Waals surface area contributed by atoms with Gasteiger partial charge in [-0.1, -0.05) is 12.1 Å². The Morgan fingerprint density at radius 2 is 1.85 bits per heavy atom. The summed E-state index contributed by atoms with van der Waals surface area (Å²) in [6, 6.07) is 10.4.